The Labute approximate surface area is 97.6 Å². The van der Waals surface area contributed by atoms with Crippen LogP contribution in [0.1, 0.15) is 17.3 Å². The molecule has 0 bridgehead atoms. The maximum atomic E-state index is 11.6. The van der Waals surface area contributed by atoms with E-state index < -0.39 is 11.9 Å². The Morgan fingerprint density at radius 2 is 2.00 bits per heavy atom. The molecule has 0 saturated heterocycles. The van der Waals surface area contributed by atoms with Gasteiger partial charge in [0, 0.05) is 6.92 Å². The molecule has 1 aromatic rings. The van der Waals surface area contributed by atoms with Gasteiger partial charge in [-0.15, -0.1) is 0 Å². The van der Waals surface area contributed by atoms with Crippen molar-refractivity contribution in [1.29, 1.82) is 0 Å². The molecule has 0 fully saturated rings. The highest BCUT2D eigenvalue weighted by Gasteiger charge is 2.13. The van der Waals surface area contributed by atoms with Crippen molar-refractivity contribution in [3.05, 3.63) is 29.8 Å². The summed E-state index contributed by atoms with van der Waals surface area (Å²) in [6.07, 6.45) is 0. The minimum Gasteiger partial charge on any atom is -0.426 e. The minimum atomic E-state index is -0.510. The van der Waals surface area contributed by atoms with E-state index >= 15 is 0 Å². The van der Waals surface area contributed by atoms with Crippen LogP contribution in [-0.4, -0.2) is 17.0 Å². The summed E-state index contributed by atoms with van der Waals surface area (Å²) in [7, 11) is 0. The normalized spacial score (nSPS) is 9.31. The number of thiocarbonyl (C=S) groups is 1. The van der Waals surface area contributed by atoms with Gasteiger partial charge in [0.1, 0.15) is 5.75 Å². The van der Waals surface area contributed by atoms with Crippen LogP contribution in [-0.2, 0) is 4.79 Å². The summed E-state index contributed by atoms with van der Waals surface area (Å²) in [6, 6.07) is 6.30. The zero-order chi connectivity index (χ0) is 12.1. The van der Waals surface area contributed by atoms with Crippen LogP contribution in [0.4, 0.5) is 0 Å². The van der Waals surface area contributed by atoms with Crippen molar-refractivity contribution in [1.82, 2.24) is 5.32 Å². The predicted molar refractivity (Wildman–Crippen MR) is 62.0 cm³/mol. The van der Waals surface area contributed by atoms with Crippen molar-refractivity contribution in [3.63, 3.8) is 0 Å². The van der Waals surface area contributed by atoms with Gasteiger partial charge in [-0.3, -0.25) is 14.9 Å². The Morgan fingerprint density at radius 1 is 1.38 bits per heavy atom. The summed E-state index contributed by atoms with van der Waals surface area (Å²) in [5.74, 6) is -0.844. The number of nitrogens with two attached hydrogens (primary N) is 1. The molecule has 0 aliphatic rings. The fraction of sp³-hybridized carbons (Fsp3) is 0.100. The maximum Gasteiger partial charge on any atom is 0.308 e. The van der Waals surface area contributed by atoms with E-state index in [-0.39, 0.29) is 16.4 Å². The summed E-state index contributed by atoms with van der Waals surface area (Å²) in [6.45, 7) is 1.25. The largest absolute Gasteiger partial charge is 0.426 e. The molecule has 1 amide bonds. The van der Waals surface area contributed by atoms with E-state index in [2.05, 4.69) is 17.5 Å². The number of benzene rings is 1. The van der Waals surface area contributed by atoms with Crippen LogP contribution >= 0.6 is 12.2 Å². The van der Waals surface area contributed by atoms with Crippen molar-refractivity contribution in [2.45, 2.75) is 6.92 Å². The average Bonchev–Trinajstić information content (AvgIpc) is 2.16. The summed E-state index contributed by atoms with van der Waals surface area (Å²) < 4.78 is 4.86. The number of ether oxygens (including phenoxy) is 1. The van der Waals surface area contributed by atoms with Crippen molar-refractivity contribution >= 4 is 29.2 Å². The van der Waals surface area contributed by atoms with E-state index in [0.717, 1.165) is 0 Å². The number of carbonyl (C=O) groups excluding carboxylic acids is 2. The van der Waals surface area contributed by atoms with Crippen LogP contribution in [0.5, 0.6) is 5.75 Å². The van der Waals surface area contributed by atoms with Crippen LogP contribution < -0.4 is 15.8 Å². The molecule has 5 nitrogen and oxygen atoms in total. The summed E-state index contributed by atoms with van der Waals surface area (Å²) in [5, 5.41) is 2.12. The van der Waals surface area contributed by atoms with Crippen molar-refractivity contribution in [2.24, 2.45) is 5.73 Å². The highest BCUT2D eigenvalue weighted by Crippen LogP contribution is 2.17. The minimum absolute atomic E-state index is 0.136. The van der Waals surface area contributed by atoms with E-state index in [9.17, 15) is 9.59 Å². The highest BCUT2D eigenvalue weighted by atomic mass is 32.1. The van der Waals surface area contributed by atoms with Gasteiger partial charge >= 0.3 is 5.97 Å². The predicted octanol–water partition coefficient (Wildman–Crippen LogP) is 0.585. The van der Waals surface area contributed by atoms with E-state index in [1.807, 2.05) is 0 Å². The van der Waals surface area contributed by atoms with Crippen LogP contribution in [0, 0.1) is 0 Å². The van der Waals surface area contributed by atoms with Gasteiger partial charge in [-0.05, 0) is 24.4 Å². The van der Waals surface area contributed by atoms with Gasteiger partial charge in [-0.1, -0.05) is 12.1 Å². The number of amides is 1. The van der Waals surface area contributed by atoms with Gasteiger partial charge in [-0.2, -0.15) is 0 Å². The summed E-state index contributed by atoms with van der Waals surface area (Å²) in [5.41, 5.74) is 5.37. The fourth-order valence-corrected chi connectivity index (χ4v) is 1.17. The lowest BCUT2D eigenvalue weighted by molar-refractivity contribution is -0.131. The molecule has 0 aromatic heterocycles. The molecule has 84 valence electrons. The van der Waals surface area contributed by atoms with Gasteiger partial charge < -0.3 is 10.5 Å². The Bertz CT molecular complexity index is 445. The van der Waals surface area contributed by atoms with Crippen LogP contribution in [0.3, 0.4) is 0 Å². The fourth-order valence-electron chi connectivity index (χ4n) is 1.08. The van der Waals surface area contributed by atoms with Gasteiger partial charge in [0.25, 0.3) is 5.91 Å². The monoisotopic (exact) mass is 238 g/mol. The zero-order valence-corrected chi connectivity index (χ0v) is 9.34. The molecule has 0 unspecified atom stereocenters. The van der Waals surface area contributed by atoms with Gasteiger partial charge in [0.2, 0.25) is 0 Å². The number of hydrogen-bond donors (Lipinski definition) is 2. The SMILES string of the molecule is CC(=O)Oc1ccccc1C(=O)NC(N)=S. The van der Waals surface area contributed by atoms with Crippen LogP contribution in [0.25, 0.3) is 0 Å². The Hall–Kier alpha value is -1.95. The first-order valence-corrected chi connectivity index (χ1v) is 4.79. The molecule has 1 rings (SSSR count). The topological polar surface area (TPSA) is 81.4 Å². The van der Waals surface area contributed by atoms with E-state index in [0.29, 0.717) is 0 Å². The number of nitrogens with one attached hydrogen (secondary N) is 1. The third-order valence-electron chi connectivity index (χ3n) is 1.62. The molecule has 0 spiro atoms. The molecule has 1 aromatic carbocycles. The smallest absolute Gasteiger partial charge is 0.308 e. The van der Waals surface area contributed by atoms with E-state index in [4.69, 9.17) is 10.5 Å². The first kappa shape index (κ1) is 12.1. The molecule has 16 heavy (non-hydrogen) atoms. The van der Waals surface area contributed by atoms with Crippen LogP contribution in [0.15, 0.2) is 24.3 Å². The summed E-state index contributed by atoms with van der Waals surface area (Å²) >= 11 is 4.54. The molecule has 0 saturated carbocycles. The molecule has 0 radical (unpaired) electrons. The van der Waals surface area contributed by atoms with Crippen LogP contribution in [0.2, 0.25) is 0 Å². The zero-order valence-electron chi connectivity index (χ0n) is 8.52. The number of para-hydroxylation sites is 1. The standard InChI is InChI=1S/C10H10N2O3S/c1-6(13)15-8-5-3-2-4-7(8)9(14)12-10(11)16/h2-5H,1H3,(H3,11,12,14,16). The number of rotatable bonds is 2. The second kappa shape index (κ2) is 5.22. The lowest BCUT2D eigenvalue weighted by Gasteiger charge is -2.08. The van der Waals surface area contributed by atoms with Crippen molar-refractivity contribution < 1.29 is 14.3 Å². The molecular weight excluding hydrogens is 228 g/mol. The van der Waals surface area contributed by atoms with Crippen molar-refractivity contribution in [2.75, 3.05) is 0 Å². The van der Waals surface area contributed by atoms with E-state index in [1.54, 1.807) is 12.1 Å². The molecule has 0 aliphatic heterocycles. The number of esters is 1. The third-order valence-corrected chi connectivity index (χ3v) is 1.72. The number of hydrogen-bond acceptors (Lipinski definition) is 4. The molecule has 0 heterocycles. The lowest BCUT2D eigenvalue weighted by Crippen LogP contribution is -2.35. The number of carbonyl (C=O) groups is 2. The van der Waals surface area contributed by atoms with E-state index in [1.165, 1.54) is 19.1 Å². The Kier molecular flexibility index (Phi) is 3.96. The third kappa shape index (κ3) is 3.32. The second-order valence-corrected chi connectivity index (χ2v) is 3.35. The quantitative estimate of drug-likeness (QED) is 0.447. The highest BCUT2D eigenvalue weighted by molar-refractivity contribution is 7.80. The lowest BCUT2D eigenvalue weighted by atomic mass is 10.2. The molecule has 6 heteroatoms. The average molecular weight is 238 g/mol. The second-order valence-electron chi connectivity index (χ2n) is 2.91. The van der Waals surface area contributed by atoms with Gasteiger partial charge in [0.05, 0.1) is 5.56 Å². The maximum absolute atomic E-state index is 11.6. The first-order valence-electron chi connectivity index (χ1n) is 4.39. The summed E-state index contributed by atoms with van der Waals surface area (Å²) in [4.78, 5) is 22.4. The van der Waals surface area contributed by atoms with Crippen molar-refractivity contribution in [3.8, 4) is 5.75 Å². The Balaban J connectivity index is 2.98. The molecular formula is C10H10N2O3S. The molecule has 0 atom stereocenters. The molecule has 0 aliphatic carbocycles. The first-order chi connectivity index (χ1) is 7.50. The Morgan fingerprint density at radius 3 is 2.56 bits per heavy atom. The van der Waals surface area contributed by atoms with Gasteiger partial charge in [-0.25, -0.2) is 0 Å². The molecule has 3 N–H and O–H groups in total. The van der Waals surface area contributed by atoms with Gasteiger partial charge in [0.15, 0.2) is 5.11 Å².